The first-order valence-electron chi connectivity index (χ1n) is 11.4. The van der Waals surface area contributed by atoms with E-state index in [2.05, 4.69) is 27.6 Å². The number of hydrogen-bond acceptors (Lipinski definition) is 4. The van der Waals surface area contributed by atoms with E-state index in [-0.39, 0.29) is 11.8 Å². The first-order valence-corrected chi connectivity index (χ1v) is 13.1. The summed E-state index contributed by atoms with van der Waals surface area (Å²) in [5, 5.41) is 13.8. The van der Waals surface area contributed by atoms with E-state index < -0.39 is 6.04 Å². The molecule has 0 bridgehead atoms. The van der Waals surface area contributed by atoms with E-state index in [0.717, 1.165) is 11.3 Å². The smallest absolute Gasteiger partial charge is 0.228 e. The number of nitrogens with one attached hydrogen (secondary N) is 1. The van der Waals surface area contributed by atoms with Crippen molar-refractivity contribution in [3.05, 3.63) is 106 Å². The van der Waals surface area contributed by atoms with Crippen LogP contribution in [0.15, 0.2) is 84.0 Å². The molecule has 180 valence electrons. The monoisotopic (exact) mass is 524 g/mol. The number of rotatable bonds is 9. The van der Waals surface area contributed by atoms with Crippen LogP contribution in [0.2, 0.25) is 10.0 Å². The SMILES string of the molecule is CCC(C(=O)NC(C)c1nnc(SCc2ccccc2)n1-c1ccc(Cl)cc1Cl)c1ccccc1. The lowest BCUT2D eigenvalue weighted by Crippen LogP contribution is -2.32. The number of thioether (sulfide) groups is 1. The highest BCUT2D eigenvalue weighted by molar-refractivity contribution is 7.98. The van der Waals surface area contributed by atoms with Crippen LogP contribution in [-0.2, 0) is 10.5 Å². The molecule has 0 fully saturated rings. The van der Waals surface area contributed by atoms with Crippen molar-refractivity contribution in [3.63, 3.8) is 0 Å². The van der Waals surface area contributed by atoms with Gasteiger partial charge in [0, 0.05) is 10.8 Å². The lowest BCUT2D eigenvalue weighted by molar-refractivity contribution is -0.123. The van der Waals surface area contributed by atoms with Gasteiger partial charge in [0.05, 0.1) is 22.7 Å². The third-order valence-corrected chi connectivity index (χ3v) is 7.23. The van der Waals surface area contributed by atoms with E-state index in [9.17, 15) is 4.79 Å². The molecule has 1 heterocycles. The Bertz CT molecular complexity index is 1280. The van der Waals surface area contributed by atoms with Crippen molar-refractivity contribution in [1.29, 1.82) is 0 Å². The van der Waals surface area contributed by atoms with Gasteiger partial charge in [0.25, 0.3) is 0 Å². The molecule has 0 radical (unpaired) electrons. The zero-order valence-corrected chi connectivity index (χ0v) is 21.8. The van der Waals surface area contributed by atoms with Crippen molar-refractivity contribution in [2.45, 2.75) is 43.1 Å². The average molecular weight is 526 g/mol. The molecular formula is C27H26Cl2N4OS. The largest absolute Gasteiger partial charge is 0.346 e. The number of hydrogen-bond donors (Lipinski definition) is 1. The van der Waals surface area contributed by atoms with Crippen LogP contribution in [-0.4, -0.2) is 20.7 Å². The zero-order chi connectivity index (χ0) is 24.8. The van der Waals surface area contributed by atoms with Crippen LogP contribution >= 0.6 is 35.0 Å². The van der Waals surface area contributed by atoms with Crippen molar-refractivity contribution in [2.24, 2.45) is 0 Å². The summed E-state index contributed by atoms with van der Waals surface area (Å²) in [6, 6.07) is 24.9. The van der Waals surface area contributed by atoms with Crippen molar-refractivity contribution in [3.8, 4) is 5.69 Å². The fourth-order valence-corrected chi connectivity index (χ4v) is 5.30. The van der Waals surface area contributed by atoms with Crippen molar-refractivity contribution in [1.82, 2.24) is 20.1 Å². The summed E-state index contributed by atoms with van der Waals surface area (Å²) in [6.45, 7) is 3.92. The van der Waals surface area contributed by atoms with E-state index >= 15 is 0 Å². The summed E-state index contributed by atoms with van der Waals surface area (Å²) >= 11 is 14.3. The number of carbonyl (C=O) groups excluding carboxylic acids is 1. The maximum absolute atomic E-state index is 13.2. The second kappa shape index (κ2) is 11.8. The fourth-order valence-electron chi connectivity index (χ4n) is 3.90. The third kappa shape index (κ3) is 6.07. The molecule has 0 aliphatic heterocycles. The first-order chi connectivity index (χ1) is 17.0. The summed E-state index contributed by atoms with van der Waals surface area (Å²) in [7, 11) is 0. The lowest BCUT2D eigenvalue weighted by Gasteiger charge is -2.20. The molecule has 0 saturated carbocycles. The van der Waals surface area contributed by atoms with Gasteiger partial charge >= 0.3 is 0 Å². The second-order valence-electron chi connectivity index (χ2n) is 8.15. The van der Waals surface area contributed by atoms with Gasteiger partial charge in [-0.2, -0.15) is 0 Å². The fraction of sp³-hybridized carbons (Fsp3) is 0.222. The third-order valence-electron chi connectivity index (χ3n) is 5.69. The minimum Gasteiger partial charge on any atom is -0.346 e. The first kappa shape index (κ1) is 25.3. The molecule has 5 nitrogen and oxygen atoms in total. The normalized spacial score (nSPS) is 12.8. The molecule has 8 heteroatoms. The Labute approximate surface area is 219 Å². The van der Waals surface area contributed by atoms with Crippen LogP contribution in [0, 0.1) is 0 Å². The van der Waals surface area contributed by atoms with E-state index in [1.807, 2.05) is 73.0 Å². The van der Waals surface area contributed by atoms with Gasteiger partial charge in [-0.15, -0.1) is 10.2 Å². The highest BCUT2D eigenvalue weighted by Gasteiger charge is 2.25. The zero-order valence-electron chi connectivity index (χ0n) is 19.5. The van der Waals surface area contributed by atoms with Crippen LogP contribution in [0.3, 0.4) is 0 Å². The molecule has 35 heavy (non-hydrogen) atoms. The van der Waals surface area contributed by atoms with Gasteiger partial charge in [-0.3, -0.25) is 9.36 Å². The molecule has 0 aliphatic carbocycles. The predicted molar refractivity (Wildman–Crippen MR) is 143 cm³/mol. The molecule has 2 unspecified atom stereocenters. The Morgan fingerprint density at radius 2 is 1.69 bits per heavy atom. The van der Waals surface area contributed by atoms with Crippen LogP contribution < -0.4 is 5.32 Å². The summed E-state index contributed by atoms with van der Waals surface area (Å²) < 4.78 is 1.90. The average Bonchev–Trinajstić information content (AvgIpc) is 3.28. The van der Waals surface area contributed by atoms with Crippen LogP contribution in [0.4, 0.5) is 0 Å². The molecule has 1 aromatic heterocycles. The van der Waals surface area contributed by atoms with Crippen molar-refractivity contribution in [2.75, 3.05) is 0 Å². The maximum atomic E-state index is 13.2. The van der Waals surface area contributed by atoms with Gasteiger partial charge in [0.15, 0.2) is 11.0 Å². The van der Waals surface area contributed by atoms with Crippen molar-refractivity contribution < 1.29 is 4.79 Å². The minimum absolute atomic E-state index is 0.0542. The van der Waals surface area contributed by atoms with Gasteiger partial charge in [0.2, 0.25) is 5.91 Å². The summed E-state index contributed by atoms with van der Waals surface area (Å²) in [6.07, 6.45) is 0.691. The standard InChI is InChI=1S/C27H26Cl2N4OS/c1-3-22(20-12-8-5-9-13-20)26(34)30-18(2)25-31-32-27(35-17-19-10-6-4-7-11-19)33(25)24-15-14-21(28)16-23(24)29/h4-16,18,22H,3,17H2,1-2H3,(H,30,34). The van der Waals surface area contributed by atoms with Crippen LogP contribution in [0.1, 0.15) is 49.2 Å². The molecule has 3 aromatic carbocycles. The molecule has 0 spiro atoms. The predicted octanol–water partition coefficient (Wildman–Crippen LogP) is 7.24. The molecule has 1 amide bonds. The second-order valence-corrected chi connectivity index (χ2v) is 9.93. The Hall–Kier alpha value is -2.80. The number of halogens is 2. The van der Waals surface area contributed by atoms with E-state index in [0.29, 0.717) is 33.1 Å². The topological polar surface area (TPSA) is 59.8 Å². The van der Waals surface area contributed by atoms with Gasteiger partial charge in [-0.1, -0.05) is 103 Å². The highest BCUT2D eigenvalue weighted by Crippen LogP contribution is 2.32. The molecule has 2 atom stereocenters. The van der Waals surface area contributed by atoms with Gasteiger partial charge in [-0.25, -0.2) is 0 Å². The highest BCUT2D eigenvalue weighted by atomic mass is 35.5. The molecular weight excluding hydrogens is 499 g/mol. The Morgan fingerprint density at radius 3 is 2.34 bits per heavy atom. The number of amides is 1. The summed E-state index contributed by atoms with van der Waals surface area (Å²) in [5.41, 5.74) is 2.87. The molecule has 1 N–H and O–H groups in total. The molecule has 0 saturated heterocycles. The van der Waals surface area contributed by atoms with Gasteiger partial charge in [0.1, 0.15) is 0 Å². The maximum Gasteiger partial charge on any atom is 0.228 e. The molecule has 4 aromatic rings. The quantitative estimate of drug-likeness (QED) is 0.234. The Kier molecular flexibility index (Phi) is 8.50. The van der Waals surface area contributed by atoms with Gasteiger partial charge < -0.3 is 5.32 Å². The number of nitrogens with zero attached hydrogens (tertiary/aromatic N) is 3. The minimum atomic E-state index is -0.398. The Balaban J connectivity index is 1.64. The number of benzene rings is 3. The van der Waals surface area contributed by atoms with E-state index in [1.165, 1.54) is 5.56 Å². The van der Waals surface area contributed by atoms with Crippen LogP contribution in [0.25, 0.3) is 5.69 Å². The van der Waals surface area contributed by atoms with Crippen molar-refractivity contribution >= 4 is 40.9 Å². The van der Waals surface area contributed by atoms with Crippen LogP contribution in [0.5, 0.6) is 0 Å². The van der Waals surface area contributed by atoms with E-state index in [4.69, 9.17) is 23.2 Å². The summed E-state index contributed by atoms with van der Waals surface area (Å²) in [4.78, 5) is 13.2. The molecule has 4 rings (SSSR count). The summed E-state index contributed by atoms with van der Waals surface area (Å²) in [5.74, 6) is 1.01. The Morgan fingerprint density at radius 1 is 1.00 bits per heavy atom. The number of aromatic nitrogens is 3. The number of carbonyl (C=O) groups is 1. The molecule has 0 aliphatic rings. The van der Waals surface area contributed by atoms with Gasteiger partial charge in [-0.05, 0) is 42.7 Å². The lowest BCUT2D eigenvalue weighted by atomic mass is 9.95. The van der Waals surface area contributed by atoms with E-state index in [1.54, 1.807) is 23.9 Å².